The SMILES string of the molecule is COc1ccc([Si](C)(C)[C@H]2[C@H](C)[C@H](CCc3cccc(-n4[nH]c5ccccc5c4=O)c3)O[C@@H]2CCn2cc(C(CO)c3ccccc3)nn2)cc1. The van der Waals surface area contributed by atoms with Gasteiger partial charge in [-0.25, -0.2) is 4.68 Å². The van der Waals surface area contributed by atoms with Crippen molar-refractivity contribution in [3.8, 4) is 11.4 Å². The van der Waals surface area contributed by atoms with E-state index in [0.29, 0.717) is 23.4 Å². The third kappa shape index (κ3) is 7.08. The Hall–Kier alpha value is -4.77. The number of aliphatic hydroxyl groups excluding tert-OH is 1. The third-order valence-electron chi connectivity index (χ3n) is 11.0. The van der Waals surface area contributed by atoms with E-state index in [1.807, 2.05) is 77.6 Å². The summed E-state index contributed by atoms with van der Waals surface area (Å²) in [7, 11) is -0.330. The van der Waals surface area contributed by atoms with Gasteiger partial charge in [0.05, 0.1) is 62.2 Å². The van der Waals surface area contributed by atoms with E-state index in [4.69, 9.17) is 9.47 Å². The number of fused-ring (bicyclic) bond motifs is 1. The first-order chi connectivity index (χ1) is 24.8. The maximum absolute atomic E-state index is 13.1. The lowest BCUT2D eigenvalue weighted by atomic mass is 9.95. The molecule has 1 saturated heterocycles. The fourth-order valence-electron chi connectivity index (χ4n) is 8.21. The van der Waals surface area contributed by atoms with Crippen LogP contribution in [-0.2, 0) is 17.7 Å². The van der Waals surface area contributed by atoms with Gasteiger partial charge in [-0.2, -0.15) is 0 Å². The Bertz CT molecular complexity index is 2120. The predicted octanol–water partition coefficient (Wildman–Crippen LogP) is 6.46. The highest BCUT2D eigenvalue weighted by atomic mass is 28.3. The molecule has 4 aromatic carbocycles. The van der Waals surface area contributed by atoms with Gasteiger partial charge >= 0.3 is 0 Å². The third-order valence-corrected chi connectivity index (χ3v) is 15.4. The van der Waals surface area contributed by atoms with Crippen molar-refractivity contribution in [2.75, 3.05) is 13.7 Å². The van der Waals surface area contributed by atoms with Crippen LogP contribution in [0.15, 0.2) is 114 Å². The number of benzene rings is 4. The number of aryl methyl sites for hydroxylation is 2. The van der Waals surface area contributed by atoms with Crippen molar-refractivity contribution in [2.24, 2.45) is 5.92 Å². The van der Waals surface area contributed by atoms with Gasteiger partial charge < -0.3 is 14.6 Å². The molecule has 9 nitrogen and oxygen atoms in total. The van der Waals surface area contributed by atoms with E-state index in [9.17, 15) is 9.90 Å². The fraction of sp³-hybridized carbons (Fsp3) is 0.341. The number of nitrogens with one attached hydrogen (secondary N) is 1. The molecule has 5 atom stereocenters. The first-order valence-electron chi connectivity index (χ1n) is 17.9. The van der Waals surface area contributed by atoms with Crippen molar-refractivity contribution in [3.63, 3.8) is 0 Å². The van der Waals surface area contributed by atoms with E-state index in [1.165, 1.54) is 10.8 Å². The first kappa shape index (κ1) is 34.7. The summed E-state index contributed by atoms with van der Waals surface area (Å²) in [5.74, 6) is 1.00. The average molecular weight is 702 g/mol. The van der Waals surface area contributed by atoms with Crippen molar-refractivity contribution >= 4 is 24.2 Å². The van der Waals surface area contributed by atoms with E-state index in [-0.39, 0.29) is 30.3 Å². The summed E-state index contributed by atoms with van der Waals surface area (Å²) in [5, 5.41) is 24.5. The number of H-pyrrole nitrogens is 1. The van der Waals surface area contributed by atoms with Gasteiger partial charge in [-0.15, -0.1) is 5.10 Å². The second-order valence-electron chi connectivity index (χ2n) is 14.4. The molecule has 7 rings (SSSR count). The monoisotopic (exact) mass is 701 g/mol. The van der Waals surface area contributed by atoms with Gasteiger partial charge in [-0.1, -0.05) is 97.1 Å². The van der Waals surface area contributed by atoms with Crippen LogP contribution in [-0.4, -0.2) is 63.9 Å². The Labute approximate surface area is 299 Å². The topological polar surface area (TPSA) is 107 Å². The molecule has 2 aromatic heterocycles. The van der Waals surface area contributed by atoms with Crippen molar-refractivity contribution in [1.29, 1.82) is 0 Å². The van der Waals surface area contributed by atoms with Crippen LogP contribution < -0.4 is 15.5 Å². The van der Waals surface area contributed by atoms with Crippen molar-refractivity contribution < 1.29 is 14.6 Å². The molecule has 1 unspecified atom stereocenters. The maximum atomic E-state index is 13.1. The van der Waals surface area contributed by atoms with Crippen LogP contribution in [0, 0.1) is 5.92 Å². The number of methoxy groups -OCH3 is 1. The second-order valence-corrected chi connectivity index (χ2v) is 19.1. The zero-order valence-electron chi connectivity index (χ0n) is 29.8. The number of nitrogens with zero attached hydrogens (tertiary/aromatic N) is 4. The highest BCUT2D eigenvalue weighted by Gasteiger charge is 2.50. The molecule has 264 valence electrons. The Morgan fingerprint density at radius 1 is 0.941 bits per heavy atom. The number of para-hydroxylation sites is 1. The molecule has 6 aromatic rings. The average Bonchev–Trinajstić information content (AvgIpc) is 3.86. The minimum absolute atomic E-state index is 0.0290. The van der Waals surface area contributed by atoms with Gasteiger partial charge in [0.25, 0.3) is 5.56 Å². The molecule has 10 heteroatoms. The smallest absolute Gasteiger partial charge is 0.279 e. The molecule has 0 aliphatic carbocycles. The van der Waals surface area contributed by atoms with Crippen molar-refractivity contribution in [2.45, 2.75) is 69.5 Å². The summed E-state index contributed by atoms with van der Waals surface area (Å²) in [6, 6.07) is 34.4. The van der Waals surface area contributed by atoms with Gasteiger partial charge in [0.15, 0.2) is 0 Å². The zero-order chi connectivity index (χ0) is 35.5. The largest absolute Gasteiger partial charge is 0.497 e. The minimum Gasteiger partial charge on any atom is -0.497 e. The summed E-state index contributed by atoms with van der Waals surface area (Å²) >= 11 is 0. The van der Waals surface area contributed by atoms with Crippen LogP contribution >= 0.6 is 0 Å². The second kappa shape index (κ2) is 14.8. The molecular formula is C41H47N5O4Si. The number of hydrogen-bond acceptors (Lipinski definition) is 6. The van der Waals surface area contributed by atoms with Crippen LogP contribution in [0.25, 0.3) is 16.6 Å². The molecule has 0 spiro atoms. The first-order valence-corrected chi connectivity index (χ1v) is 21.0. The predicted molar refractivity (Wildman–Crippen MR) is 204 cm³/mol. The molecule has 0 amide bonds. The Morgan fingerprint density at radius 3 is 2.45 bits per heavy atom. The highest BCUT2D eigenvalue weighted by molar-refractivity contribution is 6.91. The number of aromatic amines is 1. The molecule has 51 heavy (non-hydrogen) atoms. The number of rotatable bonds is 13. The molecule has 0 bridgehead atoms. The number of hydrogen-bond donors (Lipinski definition) is 2. The van der Waals surface area contributed by atoms with E-state index in [0.717, 1.165) is 47.5 Å². The van der Waals surface area contributed by atoms with Crippen LogP contribution in [0.1, 0.15) is 42.5 Å². The normalized spacial score (nSPS) is 19.8. The Kier molecular flexibility index (Phi) is 10.1. The lowest BCUT2D eigenvalue weighted by Gasteiger charge is -2.36. The van der Waals surface area contributed by atoms with E-state index in [1.54, 1.807) is 11.8 Å². The summed E-state index contributed by atoms with van der Waals surface area (Å²) < 4.78 is 16.1. The van der Waals surface area contributed by atoms with Gasteiger partial charge in [0.2, 0.25) is 0 Å². The highest BCUT2D eigenvalue weighted by Crippen LogP contribution is 2.46. The standard InChI is InChI=1S/C41H47N5O4Si/c1-28-38(22-17-29-11-10-14-31(25-29)46-41(48)34-15-8-9-16-36(34)43-46)50-39(40(28)51(3,4)33-20-18-32(49-2)19-21-33)23-24-45-26-37(42-44-45)35(27-47)30-12-6-5-7-13-30/h5-16,18-21,25-26,28,35,38-40,43,47H,17,22-24,27H2,1-4H3/t28-,35?,38+,39-,40+/m1/s1. The minimum atomic E-state index is -2.04. The lowest BCUT2D eigenvalue weighted by molar-refractivity contribution is 0.0249. The van der Waals surface area contributed by atoms with Gasteiger partial charge in [-0.05, 0) is 78.2 Å². The van der Waals surface area contributed by atoms with Gasteiger partial charge in [-0.3, -0.25) is 14.6 Å². The molecule has 1 aliphatic heterocycles. The van der Waals surface area contributed by atoms with E-state index in [2.05, 4.69) is 71.8 Å². The molecule has 0 radical (unpaired) electrons. The summed E-state index contributed by atoms with van der Waals surface area (Å²) in [6.07, 6.45) is 4.66. The molecule has 2 N–H and O–H groups in total. The van der Waals surface area contributed by atoms with Crippen molar-refractivity contribution in [1.82, 2.24) is 24.8 Å². The molecule has 1 aliphatic rings. The molecule has 0 saturated carbocycles. The fourth-order valence-corrected chi connectivity index (χ4v) is 12.3. The van der Waals surface area contributed by atoms with Crippen LogP contribution in [0.2, 0.25) is 18.6 Å². The maximum Gasteiger partial charge on any atom is 0.279 e. The molecular weight excluding hydrogens is 655 g/mol. The molecule has 1 fully saturated rings. The Morgan fingerprint density at radius 2 is 1.71 bits per heavy atom. The van der Waals surface area contributed by atoms with Gasteiger partial charge in [0.1, 0.15) is 5.75 Å². The summed E-state index contributed by atoms with van der Waals surface area (Å²) in [5.41, 5.74) is 4.96. The number of aliphatic hydroxyl groups is 1. The number of ether oxygens (including phenoxy) is 2. The van der Waals surface area contributed by atoms with Crippen LogP contribution in [0.5, 0.6) is 5.75 Å². The Balaban J connectivity index is 1.10. The van der Waals surface area contributed by atoms with Crippen LogP contribution in [0.3, 0.4) is 0 Å². The summed E-state index contributed by atoms with van der Waals surface area (Å²) in [4.78, 5) is 13.1. The van der Waals surface area contributed by atoms with Crippen LogP contribution in [0.4, 0.5) is 0 Å². The van der Waals surface area contributed by atoms with Gasteiger partial charge in [0, 0.05) is 12.7 Å². The molecule has 3 heterocycles. The zero-order valence-corrected chi connectivity index (χ0v) is 30.8. The van der Waals surface area contributed by atoms with Crippen molar-refractivity contribution in [3.05, 3.63) is 136 Å². The quantitative estimate of drug-likeness (QED) is 0.134. The van der Waals surface area contributed by atoms with E-state index >= 15 is 0 Å². The summed E-state index contributed by atoms with van der Waals surface area (Å²) in [6.45, 7) is 7.95. The number of aromatic nitrogens is 5. The lowest BCUT2D eigenvalue weighted by Crippen LogP contribution is -2.50. The van der Waals surface area contributed by atoms with E-state index < -0.39 is 8.07 Å².